The van der Waals surface area contributed by atoms with Gasteiger partial charge >= 0.3 is 6.18 Å². The monoisotopic (exact) mass is 419 g/mol. The number of hydrogen-bond acceptors (Lipinski definition) is 6. The molecule has 3 aromatic heterocycles. The second-order valence-electron chi connectivity index (χ2n) is 6.64. The summed E-state index contributed by atoms with van der Waals surface area (Å²) in [7, 11) is 1.45. The van der Waals surface area contributed by atoms with Gasteiger partial charge in [-0.1, -0.05) is 0 Å². The van der Waals surface area contributed by atoms with E-state index in [-0.39, 0.29) is 24.7 Å². The molecular formula is C19H16F3N5O3. The molecule has 3 aromatic rings. The molecule has 0 bridgehead atoms. The van der Waals surface area contributed by atoms with Gasteiger partial charge in [0.1, 0.15) is 6.54 Å². The van der Waals surface area contributed by atoms with Crippen LogP contribution >= 0.6 is 0 Å². The molecule has 0 atom stereocenters. The fourth-order valence-electron chi connectivity index (χ4n) is 3.25. The SMILES string of the molecule is COc1ncc(-c2ccc3c(n2)CN(c2cnn(CC(F)(F)F)c2)C3=O)cc1CO. The maximum Gasteiger partial charge on any atom is 0.408 e. The molecular weight excluding hydrogens is 403 g/mol. The van der Waals surface area contributed by atoms with E-state index in [4.69, 9.17) is 4.74 Å². The number of carbonyl (C=O) groups excluding carboxylic acids is 1. The van der Waals surface area contributed by atoms with E-state index >= 15 is 0 Å². The van der Waals surface area contributed by atoms with Crippen LogP contribution in [0.3, 0.4) is 0 Å². The van der Waals surface area contributed by atoms with E-state index in [0.717, 1.165) is 4.68 Å². The van der Waals surface area contributed by atoms with Crippen molar-refractivity contribution in [3.8, 4) is 17.1 Å². The molecule has 0 saturated heterocycles. The first-order chi connectivity index (χ1) is 14.3. The third-order valence-corrected chi connectivity index (χ3v) is 4.61. The maximum absolute atomic E-state index is 12.7. The number of halogens is 3. The largest absolute Gasteiger partial charge is 0.481 e. The Morgan fingerprint density at radius 1 is 1.27 bits per heavy atom. The van der Waals surface area contributed by atoms with Crippen molar-refractivity contribution < 1.29 is 27.8 Å². The van der Waals surface area contributed by atoms with Crippen molar-refractivity contribution in [1.29, 1.82) is 0 Å². The van der Waals surface area contributed by atoms with Crippen LogP contribution < -0.4 is 9.64 Å². The topological polar surface area (TPSA) is 93.4 Å². The third kappa shape index (κ3) is 3.71. The van der Waals surface area contributed by atoms with E-state index in [1.807, 2.05) is 0 Å². The minimum atomic E-state index is -4.41. The highest BCUT2D eigenvalue weighted by atomic mass is 19.4. The molecule has 1 aliphatic rings. The Balaban J connectivity index is 1.60. The Kier molecular flexibility index (Phi) is 4.90. The van der Waals surface area contributed by atoms with Crippen LogP contribution in [0.5, 0.6) is 5.88 Å². The van der Waals surface area contributed by atoms with Crippen LogP contribution in [0.25, 0.3) is 11.3 Å². The fourth-order valence-corrected chi connectivity index (χ4v) is 3.25. The summed E-state index contributed by atoms with van der Waals surface area (Å²) >= 11 is 0. The Bertz CT molecular complexity index is 1110. The van der Waals surface area contributed by atoms with Crippen LogP contribution in [-0.4, -0.2) is 44.0 Å². The number of fused-ring (bicyclic) bond motifs is 1. The lowest BCUT2D eigenvalue weighted by Crippen LogP contribution is -2.22. The van der Waals surface area contributed by atoms with Crippen molar-refractivity contribution >= 4 is 11.6 Å². The molecule has 0 saturated carbocycles. The number of ether oxygens (including phenoxy) is 1. The minimum Gasteiger partial charge on any atom is -0.481 e. The first kappa shape index (κ1) is 19.8. The number of nitrogens with zero attached hydrogens (tertiary/aromatic N) is 5. The van der Waals surface area contributed by atoms with Gasteiger partial charge in [-0.05, 0) is 18.2 Å². The van der Waals surface area contributed by atoms with Gasteiger partial charge in [0.25, 0.3) is 5.91 Å². The summed E-state index contributed by atoms with van der Waals surface area (Å²) in [4.78, 5) is 22.7. The summed E-state index contributed by atoms with van der Waals surface area (Å²) in [6.07, 6.45) is -0.462. The second kappa shape index (κ2) is 7.41. The van der Waals surface area contributed by atoms with Crippen molar-refractivity contribution in [3.05, 3.63) is 53.6 Å². The van der Waals surface area contributed by atoms with Gasteiger partial charge in [-0.15, -0.1) is 0 Å². The lowest BCUT2D eigenvalue weighted by atomic mass is 10.1. The highest BCUT2D eigenvalue weighted by Crippen LogP contribution is 2.30. The smallest absolute Gasteiger partial charge is 0.408 e. The van der Waals surface area contributed by atoms with Crippen LogP contribution in [-0.2, 0) is 19.7 Å². The van der Waals surface area contributed by atoms with Crippen LogP contribution in [0.2, 0.25) is 0 Å². The molecule has 0 aliphatic carbocycles. The molecule has 4 rings (SSSR count). The predicted octanol–water partition coefficient (Wildman–Crippen LogP) is 2.56. The number of alkyl halides is 3. The molecule has 4 heterocycles. The zero-order valence-electron chi connectivity index (χ0n) is 15.7. The number of methoxy groups -OCH3 is 1. The Morgan fingerprint density at radius 2 is 2.07 bits per heavy atom. The van der Waals surface area contributed by atoms with E-state index in [0.29, 0.717) is 34.0 Å². The predicted molar refractivity (Wildman–Crippen MR) is 98.7 cm³/mol. The average Bonchev–Trinajstić information content (AvgIpc) is 3.29. The van der Waals surface area contributed by atoms with Crippen molar-refractivity contribution in [1.82, 2.24) is 19.7 Å². The highest BCUT2D eigenvalue weighted by molar-refractivity contribution is 6.09. The van der Waals surface area contributed by atoms with Gasteiger partial charge in [0.05, 0.1) is 49.1 Å². The molecule has 0 unspecified atom stereocenters. The van der Waals surface area contributed by atoms with Crippen LogP contribution in [0, 0.1) is 0 Å². The molecule has 156 valence electrons. The normalized spacial score (nSPS) is 13.6. The van der Waals surface area contributed by atoms with E-state index < -0.39 is 12.7 Å². The van der Waals surface area contributed by atoms with E-state index in [1.54, 1.807) is 24.4 Å². The molecule has 11 heteroatoms. The number of carbonyl (C=O) groups is 1. The zero-order chi connectivity index (χ0) is 21.5. The van der Waals surface area contributed by atoms with Gasteiger partial charge in [0.2, 0.25) is 5.88 Å². The first-order valence-electron chi connectivity index (χ1n) is 8.84. The fraction of sp³-hybridized carbons (Fsp3) is 0.263. The first-order valence-corrected chi connectivity index (χ1v) is 8.84. The summed E-state index contributed by atoms with van der Waals surface area (Å²) < 4.78 is 43.5. The highest BCUT2D eigenvalue weighted by Gasteiger charge is 2.32. The van der Waals surface area contributed by atoms with Gasteiger partial charge in [-0.2, -0.15) is 18.3 Å². The molecule has 30 heavy (non-hydrogen) atoms. The Morgan fingerprint density at radius 3 is 2.77 bits per heavy atom. The summed E-state index contributed by atoms with van der Waals surface area (Å²) in [5, 5.41) is 13.2. The lowest BCUT2D eigenvalue weighted by molar-refractivity contribution is -0.142. The summed E-state index contributed by atoms with van der Waals surface area (Å²) in [5.74, 6) is -0.0563. The second-order valence-corrected chi connectivity index (χ2v) is 6.64. The van der Waals surface area contributed by atoms with Gasteiger partial charge in [-0.3, -0.25) is 19.4 Å². The summed E-state index contributed by atoms with van der Waals surface area (Å²) in [5.41, 5.74) is 2.78. The quantitative estimate of drug-likeness (QED) is 0.683. The number of anilines is 1. The number of rotatable bonds is 5. The number of aliphatic hydroxyl groups is 1. The molecule has 0 spiro atoms. The summed E-state index contributed by atoms with van der Waals surface area (Å²) in [6.45, 7) is -1.39. The number of hydrogen-bond donors (Lipinski definition) is 1. The van der Waals surface area contributed by atoms with Gasteiger partial charge in [0.15, 0.2) is 0 Å². The molecule has 1 aliphatic heterocycles. The molecule has 0 radical (unpaired) electrons. The van der Waals surface area contributed by atoms with Crippen molar-refractivity contribution in [3.63, 3.8) is 0 Å². The Hall–Kier alpha value is -3.47. The number of pyridine rings is 2. The minimum absolute atomic E-state index is 0.107. The van der Waals surface area contributed by atoms with Crippen LogP contribution in [0.15, 0.2) is 36.8 Å². The molecule has 0 aromatic carbocycles. The number of aromatic nitrogens is 4. The zero-order valence-corrected chi connectivity index (χ0v) is 15.7. The molecule has 1 N–H and O–H groups in total. The number of aliphatic hydroxyl groups excluding tert-OH is 1. The summed E-state index contributed by atoms with van der Waals surface area (Å²) in [6, 6.07) is 4.96. The Labute approximate surface area is 168 Å². The maximum atomic E-state index is 12.7. The molecule has 8 nitrogen and oxygen atoms in total. The van der Waals surface area contributed by atoms with Gasteiger partial charge in [-0.25, -0.2) is 4.98 Å². The van der Waals surface area contributed by atoms with Crippen LogP contribution in [0.1, 0.15) is 21.6 Å². The standard InChI is InChI=1S/C19H16F3N5O3/c1-30-17-12(9-28)4-11(5-23-17)15-3-2-14-16(25-15)8-27(18(14)29)13-6-24-26(7-13)10-19(20,21)22/h2-7,28H,8-10H2,1H3. The molecule has 1 amide bonds. The average molecular weight is 419 g/mol. The van der Waals surface area contributed by atoms with E-state index in [1.165, 1.54) is 24.4 Å². The van der Waals surface area contributed by atoms with E-state index in [2.05, 4.69) is 15.1 Å². The lowest BCUT2D eigenvalue weighted by Gasteiger charge is -2.12. The van der Waals surface area contributed by atoms with Crippen molar-refractivity contribution in [2.75, 3.05) is 12.0 Å². The van der Waals surface area contributed by atoms with Gasteiger partial charge < -0.3 is 9.84 Å². The van der Waals surface area contributed by atoms with E-state index in [9.17, 15) is 23.1 Å². The van der Waals surface area contributed by atoms with Crippen LogP contribution in [0.4, 0.5) is 18.9 Å². The van der Waals surface area contributed by atoms with Crippen molar-refractivity contribution in [2.24, 2.45) is 0 Å². The number of amides is 1. The third-order valence-electron chi connectivity index (χ3n) is 4.61. The molecule has 0 fully saturated rings. The van der Waals surface area contributed by atoms with Crippen molar-refractivity contribution in [2.45, 2.75) is 25.9 Å². The van der Waals surface area contributed by atoms with Gasteiger partial charge in [0, 0.05) is 23.5 Å².